The summed E-state index contributed by atoms with van der Waals surface area (Å²) >= 11 is 0. The zero-order chi connectivity index (χ0) is 21.2. The number of guanidine groups is 1. The summed E-state index contributed by atoms with van der Waals surface area (Å²) in [7, 11) is 3.69. The summed E-state index contributed by atoms with van der Waals surface area (Å²) in [6.45, 7) is 10.8. The lowest BCUT2D eigenvalue weighted by atomic mass is 10.0. The van der Waals surface area contributed by atoms with Gasteiger partial charge < -0.3 is 15.5 Å². The number of likely N-dealkylation sites (tertiary alicyclic amines) is 1. The Kier molecular flexibility index (Phi) is 12.3. The van der Waals surface area contributed by atoms with E-state index in [9.17, 15) is 4.79 Å². The number of hydrogen-bond donors (Lipinski definition) is 2. The lowest BCUT2D eigenvalue weighted by molar-refractivity contribution is -0.133. The minimum absolute atomic E-state index is 0. The van der Waals surface area contributed by atoms with E-state index in [-0.39, 0.29) is 35.9 Å². The van der Waals surface area contributed by atoms with Crippen molar-refractivity contribution >= 4 is 35.8 Å². The molecule has 0 radical (unpaired) electrons. The number of likely N-dealkylation sites (N-methyl/N-ethyl adjacent to an activating group) is 1. The highest BCUT2D eigenvalue weighted by atomic mass is 127. The second-order valence-corrected chi connectivity index (χ2v) is 8.24. The minimum atomic E-state index is 0. The van der Waals surface area contributed by atoms with Gasteiger partial charge in [0.05, 0.1) is 6.04 Å². The van der Waals surface area contributed by atoms with Gasteiger partial charge in [-0.25, -0.2) is 0 Å². The fraction of sp³-hybridized carbons (Fsp3) is 0.652. The van der Waals surface area contributed by atoms with E-state index in [2.05, 4.69) is 60.6 Å². The molecule has 0 aromatic heterocycles. The van der Waals surface area contributed by atoms with Crippen LogP contribution in [0.2, 0.25) is 0 Å². The monoisotopic (exact) mass is 529 g/mol. The number of rotatable bonds is 9. The van der Waals surface area contributed by atoms with Crippen LogP contribution in [0.25, 0.3) is 0 Å². The van der Waals surface area contributed by atoms with Crippen LogP contribution in [0.3, 0.4) is 0 Å². The number of amides is 1. The van der Waals surface area contributed by atoms with E-state index in [0.29, 0.717) is 5.92 Å². The SMILES string of the molecule is CCNC(=NCC(C)c1ccc(C)cc1)NCCCN1CCCC1C(=O)N(C)C.I. The van der Waals surface area contributed by atoms with Crippen LogP contribution in [0.1, 0.15) is 50.2 Å². The molecule has 2 rings (SSSR count). The van der Waals surface area contributed by atoms with Gasteiger partial charge in [0, 0.05) is 46.2 Å². The molecule has 6 nitrogen and oxygen atoms in total. The third kappa shape index (κ3) is 8.41. The van der Waals surface area contributed by atoms with Gasteiger partial charge in [0.1, 0.15) is 0 Å². The van der Waals surface area contributed by atoms with Crippen molar-refractivity contribution < 1.29 is 4.79 Å². The summed E-state index contributed by atoms with van der Waals surface area (Å²) in [5.74, 6) is 1.48. The normalized spacial score (nSPS) is 17.9. The second kappa shape index (κ2) is 13.9. The molecule has 1 fully saturated rings. The Hall–Kier alpha value is -1.35. The third-order valence-electron chi connectivity index (χ3n) is 5.52. The van der Waals surface area contributed by atoms with E-state index in [0.717, 1.165) is 57.9 Å². The first-order valence-corrected chi connectivity index (χ1v) is 11.0. The molecule has 0 saturated carbocycles. The van der Waals surface area contributed by atoms with Crippen LogP contribution in [0.4, 0.5) is 0 Å². The average molecular weight is 530 g/mol. The highest BCUT2D eigenvalue weighted by molar-refractivity contribution is 14.0. The topological polar surface area (TPSA) is 60.0 Å². The van der Waals surface area contributed by atoms with Gasteiger partial charge in [-0.1, -0.05) is 36.8 Å². The van der Waals surface area contributed by atoms with Crippen molar-refractivity contribution in [2.24, 2.45) is 4.99 Å². The Labute approximate surface area is 199 Å². The molecule has 1 saturated heterocycles. The highest BCUT2D eigenvalue weighted by Crippen LogP contribution is 2.19. The Morgan fingerprint density at radius 3 is 2.60 bits per heavy atom. The van der Waals surface area contributed by atoms with Crippen LogP contribution in [0.5, 0.6) is 0 Å². The molecule has 1 heterocycles. The maximum Gasteiger partial charge on any atom is 0.239 e. The van der Waals surface area contributed by atoms with Crippen LogP contribution in [0, 0.1) is 6.92 Å². The van der Waals surface area contributed by atoms with Gasteiger partial charge in [-0.05, 0) is 45.2 Å². The van der Waals surface area contributed by atoms with E-state index in [1.54, 1.807) is 4.90 Å². The molecule has 1 amide bonds. The van der Waals surface area contributed by atoms with Crippen LogP contribution in [-0.2, 0) is 4.79 Å². The van der Waals surface area contributed by atoms with Gasteiger partial charge in [0.15, 0.2) is 5.96 Å². The van der Waals surface area contributed by atoms with Gasteiger partial charge >= 0.3 is 0 Å². The molecular weight excluding hydrogens is 489 g/mol. The van der Waals surface area contributed by atoms with Crippen molar-refractivity contribution in [1.29, 1.82) is 0 Å². The molecule has 0 aliphatic carbocycles. The van der Waals surface area contributed by atoms with E-state index in [4.69, 9.17) is 4.99 Å². The smallest absolute Gasteiger partial charge is 0.239 e. The molecule has 170 valence electrons. The summed E-state index contributed by atoms with van der Waals surface area (Å²) in [6.07, 6.45) is 3.08. The molecule has 7 heteroatoms. The van der Waals surface area contributed by atoms with Crippen molar-refractivity contribution in [1.82, 2.24) is 20.4 Å². The Morgan fingerprint density at radius 1 is 1.27 bits per heavy atom. The predicted octanol–water partition coefficient (Wildman–Crippen LogP) is 3.21. The lowest BCUT2D eigenvalue weighted by Gasteiger charge is -2.26. The number of aliphatic imine (C=N–C) groups is 1. The first kappa shape index (κ1) is 26.7. The maximum absolute atomic E-state index is 12.3. The van der Waals surface area contributed by atoms with Gasteiger partial charge in [-0.15, -0.1) is 24.0 Å². The average Bonchev–Trinajstić information content (AvgIpc) is 3.17. The summed E-state index contributed by atoms with van der Waals surface area (Å²) in [4.78, 5) is 21.1. The van der Waals surface area contributed by atoms with Gasteiger partial charge in [-0.2, -0.15) is 0 Å². The van der Waals surface area contributed by atoms with Crippen molar-refractivity contribution in [2.75, 3.05) is 46.8 Å². The minimum Gasteiger partial charge on any atom is -0.357 e. The molecule has 2 atom stereocenters. The Morgan fingerprint density at radius 2 is 1.97 bits per heavy atom. The molecule has 1 aromatic rings. The van der Waals surface area contributed by atoms with Crippen LogP contribution in [-0.4, -0.2) is 74.5 Å². The van der Waals surface area contributed by atoms with E-state index in [1.807, 2.05) is 14.1 Å². The van der Waals surface area contributed by atoms with Crippen LogP contribution in [0.15, 0.2) is 29.3 Å². The Balaban J connectivity index is 0.00000450. The predicted molar refractivity (Wildman–Crippen MR) is 137 cm³/mol. The highest BCUT2D eigenvalue weighted by Gasteiger charge is 2.30. The van der Waals surface area contributed by atoms with Crippen molar-refractivity contribution in [2.45, 2.75) is 52.0 Å². The summed E-state index contributed by atoms with van der Waals surface area (Å²) in [6, 6.07) is 8.76. The molecule has 1 aliphatic rings. The standard InChI is InChI=1S/C23H39N5O.HI/c1-6-24-23(26-17-19(3)20-12-10-18(2)11-13-20)25-14-8-16-28-15-7-9-21(28)22(29)27(4)5;/h10-13,19,21H,6-9,14-17H2,1-5H3,(H2,24,25,26);1H. The molecule has 2 N–H and O–H groups in total. The van der Waals surface area contributed by atoms with Gasteiger partial charge in [-0.3, -0.25) is 14.7 Å². The molecule has 1 aliphatic heterocycles. The molecular formula is C23H40IN5O. The van der Waals surface area contributed by atoms with Crippen molar-refractivity contribution in [3.63, 3.8) is 0 Å². The zero-order valence-corrected chi connectivity index (χ0v) is 21.6. The number of carbonyl (C=O) groups is 1. The number of benzene rings is 1. The maximum atomic E-state index is 12.3. The van der Waals surface area contributed by atoms with E-state index >= 15 is 0 Å². The molecule has 2 unspecified atom stereocenters. The number of nitrogens with zero attached hydrogens (tertiary/aromatic N) is 3. The van der Waals surface area contributed by atoms with Crippen molar-refractivity contribution in [3.8, 4) is 0 Å². The number of hydrogen-bond acceptors (Lipinski definition) is 3. The quantitative estimate of drug-likeness (QED) is 0.223. The Bertz CT molecular complexity index is 662. The summed E-state index contributed by atoms with van der Waals surface area (Å²) in [5.41, 5.74) is 2.60. The van der Waals surface area contributed by atoms with Gasteiger partial charge in [0.25, 0.3) is 0 Å². The molecule has 0 bridgehead atoms. The first-order valence-electron chi connectivity index (χ1n) is 11.0. The van der Waals surface area contributed by atoms with E-state index in [1.165, 1.54) is 11.1 Å². The fourth-order valence-electron chi connectivity index (χ4n) is 3.73. The van der Waals surface area contributed by atoms with Gasteiger partial charge in [0.2, 0.25) is 5.91 Å². The van der Waals surface area contributed by atoms with Crippen molar-refractivity contribution in [3.05, 3.63) is 35.4 Å². The van der Waals surface area contributed by atoms with E-state index < -0.39 is 0 Å². The number of carbonyl (C=O) groups excluding carboxylic acids is 1. The summed E-state index contributed by atoms with van der Waals surface area (Å²) in [5, 5.41) is 6.78. The molecule has 30 heavy (non-hydrogen) atoms. The largest absolute Gasteiger partial charge is 0.357 e. The zero-order valence-electron chi connectivity index (χ0n) is 19.3. The number of nitrogens with one attached hydrogen (secondary N) is 2. The fourth-order valence-corrected chi connectivity index (χ4v) is 3.73. The second-order valence-electron chi connectivity index (χ2n) is 8.24. The molecule has 0 spiro atoms. The summed E-state index contributed by atoms with van der Waals surface area (Å²) < 4.78 is 0. The number of halogens is 1. The molecule has 1 aromatic carbocycles. The third-order valence-corrected chi connectivity index (χ3v) is 5.52. The first-order chi connectivity index (χ1) is 13.9. The lowest BCUT2D eigenvalue weighted by Crippen LogP contribution is -2.44. The number of aryl methyl sites for hydroxylation is 1. The van der Waals surface area contributed by atoms with Crippen LogP contribution >= 0.6 is 24.0 Å². The van der Waals surface area contributed by atoms with Crippen LogP contribution < -0.4 is 10.6 Å².